The van der Waals surface area contributed by atoms with Crippen LogP contribution in [0.1, 0.15) is 40.6 Å². The van der Waals surface area contributed by atoms with E-state index in [0.717, 1.165) is 12.8 Å². The second-order valence-electron chi connectivity index (χ2n) is 3.60. The molecular weight excluding hydrogens is 196 g/mol. The maximum Gasteiger partial charge on any atom is 0.339 e. The van der Waals surface area contributed by atoms with Crippen LogP contribution in [0.5, 0.6) is 0 Å². The van der Waals surface area contributed by atoms with Gasteiger partial charge in [0.05, 0.1) is 11.3 Å². The summed E-state index contributed by atoms with van der Waals surface area (Å²) in [6.07, 6.45) is 3.41. The van der Waals surface area contributed by atoms with Gasteiger partial charge in [-0.25, -0.2) is 14.8 Å². The Morgan fingerprint density at radius 3 is 2.93 bits per heavy atom. The highest BCUT2D eigenvalue weighted by Crippen LogP contribution is 2.40. The predicted octanol–water partition coefficient (Wildman–Crippen LogP) is 1.20. The molecule has 0 amide bonds. The Balaban J connectivity index is 2.35. The molecule has 5 nitrogen and oxygen atoms in total. The second kappa shape index (κ2) is 3.94. The number of aromatic carboxylic acids is 1. The lowest BCUT2D eigenvalue weighted by Crippen LogP contribution is -2.08. The fraction of sp³-hybridized carbons (Fsp3) is 0.500. The van der Waals surface area contributed by atoms with Crippen LogP contribution in [-0.2, 0) is 11.3 Å². The number of rotatable bonds is 4. The van der Waals surface area contributed by atoms with Crippen LogP contribution in [0.2, 0.25) is 0 Å². The molecule has 1 saturated carbocycles. The van der Waals surface area contributed by atoms with Crippen molar-refractivity contribution in [2.24, 2.45) is 0 Å². The standard InChI is InChI=1S/C10H12N2O3/c1-15-5-8-11-4-7(10(13)14)9(12-8)6-2-3-6/h4,6H,2-3,5H2,1H3,(H,13,14). The number of carbonyl (C=O) groups is 1. The van der Waals surface area contributed by atoms with Gasteiger partial charge in [-0.05, 0) is 12.8 Å². The van der Waals surface area contributed by atoms with E-state index >= 15 is 0 Å². The molecule has 15 heavy (non-hydrogen) atoms. The third-order valence-electron chi connectivity index (χ3n) is 2.34. The summed E-state index contributed by atoms with van der Waals surface area (Å²) in [5.41, 5.74) is 0.877. The van der Waals surface area contributed by atoms with Crippen LogP contribution in [-0.4, -0.2) is 28.2 Å². The van der Waals surface area contributed by atoms with Crippen LogP contribution >= 0.6 is 0 Å². The van der Waals surface area contributed by atoms with E-state index in [4.69, 9.17) is 9.84 Å². The first-order valence-corrected chi connectivity index (χ1v) is 4.80. The number of hydrogen-bond donors (Lipinski definition) is 1. The minimum atomic E-state index is -0.958. The topological polar surface area (TPSA) is 72.3 Å². The molecule has 0 unspecified atom stereocenters. The van der Waals surface area contributed by atoms with Crippen LogP contribution in [0.4, 0.5) is 0 Å². The van der Waals surface area contributed by atoms with Crippen molar-refractivity contribution in [2.45, 2.75) is 25.4 Å². The molecule has 0 spiro atoms. The van der Waals surface area contributed by atoms with Gasteiger partial charge in [0.25, 0.3) is 0 Å². The zero-order valence-electron chi connectivity index (χ0n) is 8.43. The summed E-state index contributed by atoms with van der Waals surface area (Å²) >= 11 is 0. The van der Waals surface area contributed by atoms with E-state index in [9.17, 15) is 4.79 Å². The summed E-state index contributed by atoms with van der Waals surface area (Å²) in [7, 11) is 1.56. The molecule has 2 rings (SSSR count). The van der Waals surface area contributed by atoms with Gasteiger partial charge in [-0.3, -0.25) is 0 Å². The van der Waals surface area contributed by atoms with Crippen molar-refractivity contribution in [2.75, 3.05) is 7.11 Å². The van der Waals surface area contributed by atoms with Gasteiger partial charge in [0.15, 0.2) is 5.82 Å². The summed E-state index contributed by atoms with van der Waals surface area (Å²) in [6.45, 7) is 0.319. The summed E-state index contributed by atoms with van der Waals surface area (Å²) in [5.74, 6) is -0.111. The maximum atomic E-state index is 10.9. The lowest BCUT2D eigenvalue weighted by atomic mass is 10.1. The fourth-order valence-corrected chi connectivity index (χ4v) is 1.46. The molecule has 1 heterocycles. The average Bonchev–Trinajstić information content (AvgIpc) is 3.01. The maximum absolute atomic E-state index is 10.9. The van der Waals surface area contributed by atoms with Gasteiger partial charge < -0.3 is 9.84 Å². The Bertz CT molecular complexity index is 388. The first kappa shape index (κ1) is 10.0. The average molecular weight is 208 g/mol. The number of aromatic nitrogens is 2. The number of carboxylic acids is 1. The zero-order valence-corrected chi connectivity index (χ0v) is 8.43. The van der Waals surface area contributed by atoms with Gasteiger partial charge in [0.2, 0.25) is 0 Å². The molecule has 0 aliphatic heterocycles. The smallest absolute Gasteiger partial charge is 0.339 e. The Labute approximate surface area is 87.1 Å². The van der Waals surface area contributed by atoms with Crippen LogP contribution < -0.4 is 0 Å². The second-order valence-corrected chi connectivity index (χ2v) is 3.60. The summed E-state index contributed by atoms with van der Waals surface area (Å²) in [4.78, 5) is 19.1. The minimum absolute atomic E-state index is 0.220. The van der Waals surface area contributed by atoms with Gasteiger partial charge >= 0.3 is 5.97 Å². The highest BCUT2D eigenvalue weighted by Gasteiger charge is 2.30. The summed E-state index contributed by atoms with van der Waals surface area (Å²) < 4.78 is 4.91. The Morgan fingerprint density at radius 1 is 1.67 bits per heavy atom. The summed E-state index contributed by atoms with van der Waals surface area (Å²) in [5, 5.41) is 8.95. The Kier molecular flexibility index (Phi) is 2.64. The van der Waals surface area contributed by atoms with Crippen molar-refractivity contribution in [3.8, 4) is 0 Å². The molecule has 0 atom stereocenters. The predicted molar refractivity (Wildman–Crippen MR) is 51.7 cm³/mol. The molecule has 0 saturated heterocycles. The monoisotopic (exact) mass is 208 g/mol. The van der Waals surface area contributed by atoms with Crippen LogP contribution in [0.15, 0.2) is 6.20 Å². The number of hydrogen-bond acceptors (Lipinski definition) is 4. The fourth-order valence-electron chi connectivity index (χ4n) is 1.46. The van der Waals surface area contributed by atoms with Crippen LogP contribution in [0.3, 0.4) is 0 Å². The van der Waals surface area contributed by atoms with Crippen molar-refractivity contribution in [1.29, 1.82) is 0 Å². The number of nitrogens with zero attached hydrogens (tertiary/aromatic N) is 2. The molecule has 5 heteroatoms. The molecule has 1 N–H and O–H groups in total. The molecule has 0 aromatic carbocycles. The third-order valence-corrected chi connectivity index (χ3v) is 2.34. The zero-order chi connectivity index (χ0) is 10.8. The first-order valence-electron chi connectivity index (χ1n) is 4.80. The van der Waals surface area contributed by atoms with Gasteiger partial charge in [-0.2, -0.15) is 0 Å². The van der Waals surface area contributed by atoms with Gasteiger partial charge in [0.1, 0.15) is 6.61 Å². The van der Waals surface area contributed by atoms with Gasteiger partial charge in [-0.15, -0.1) is 0 Å². The summed E-state index contributed by atoms with van der Waals surface area (Å²) in [6, 6.07) is 0. The van der Waals surface area contributed by atoms with E-state index in [1.807, 2.05) is 0 Å². The van der Waals surface area contributed by atoms with Crippen molar-refractivity contribution in [3.05, 3.63) is 23.3 Å². The molecule has 0 radical (unpaired) electrons. The lowest BCUT2D eigenvalue weighted by Gasteiger charge is -2.05. The largest absolute Gasteiger partial charge is 0.478 e. The molecule has 1 fully saturated rings. The highest BCUT2D eigenvalue weighted by atomic mass is 16.5. The molecule has 1 aromatic heterocycles. The number of ether oxygens (including phenoxy) is 1. The van der Waals surface area contributed by atoms with Crippen molar-refractivity contribution in [1.82, 2.24) is 9.97 Å². The number of carboxylic acid groups (broad SMARTS) is 1. The van der Waals surface area contributed by atoms with Crippen molar-refractivity contribution in [3.63, 3.8) is 0 Å². The highest BCUT2D eigenvalue weighted by molar-refractivity contribution is 5.88. The lowest BCUT2D eigenvalue weighted by molar-refractivity contribution is 0.0694. The molecule has 0 bridgehead atoms. The van der Waals surface area contributed by atoms with Crippen LogP contribution in [0.25, 0.3) is 0 Å². The van der Waals surface area contributed by atoms with Crippen LogP contribution in [0, 0.1) is 0 Å². The molecule has 1 aliphatic carbocycles. The van der Waals surface area contributed by atoms with E-state index in [1.165, 1.54) is 6.20 Å². The first-order chi connectivity index (χ1) is 7.22. The molecule has 80 valence electrons. The third kappa shape index (κ3) is 2.12. The van der Waals surface area contributed by atoms with Crippen molar-refractivity contribution < 1.29 is 14.6 Å². The molecular formula is C10H12N2O3. The van der Waals surface area contributed by atoms with E-state index in [2.05, 4.69) is 9.97 Å². The Hall–Kier alpha value is -1.49. The molecule has 1 aromatic rings. The van der Waals surface area contributed by atoms with E-state index < -0.39 is 5.97 Å². The van der Waals surface area contributed by atoms with Gasteiger partial charge in [-0.1, -0.05) is 0 Å². The quantitative estimate of drug-likeness (QED) is 0.804. The SMILES string of the molecule is COCc1ncc(C(=O)O)c(C2CC2)n1. The van der Waals surface area contributed by atoms with E-state index in [1.54, 1.807) is 7.11 Å². The van der Waals surface area contributed by atoms with E-state index in [-0.39, 0.29) is 5.56 Å². The number of methoxy groups -OCH3 is 1. The minimum Gasteiger partial charge on any atom is -0.478 e. The molecule has 1 aliphatic rings. The normalized spacial score (nSPS) is 15.3. The van der Waals surface area contributed by atoms with E-state index in [0.29, 0.717) is 24.0 Å². The Morgan fingerprint density at radius 2 is 2.40 bits per heavy atom. The van der Waals surface area contributed by atoms with Gasteiger partial charge in [0, 0.05) is 19.2 Å². The van der Waals surface area contributed by atoms with Crippen molar-refractivity contribution >= 4 is 5.97 Å².